The molecule has 0 spiro atoms. The molecule has 0 aromatic carbocycles. The molecule has 19 heavy (non-hydrogen) atoms. The molecule has 0 aliphatic heterocycles. The molecular formula is C12H13N3O3S. The first kappa shape index (κ1) is 13.3. The number of amides is 1. The van der Waals surface area contributed by atoms with E-state index in [1.807, 2.05) is 6.92 Å². The van der Waals surface area contributed by atoms with E-state index in [2.05, 4.69) is 15.5 Å². The quantitative estimate of drug-likeness (QED) is 0.840. The van der Waals surface area contributed by atoms with E-state index in [1.165, 1.54) is 23.7 Å². The smallest absolute Gasteiger partial charge is 0.341 e. The molecule has 0 atom stereocenters. The van der Waals surface area contributed by atoms with Gasteiger partial charge in [0.05, 0.1) is 23.9 Å². The molecule has 2 aromatic heterocycles. The number of anilines is 1. The highest BCUT2D eigenvalue weighted by Crippen LogP contribution is 2.28. The molecule has 6 nitrogen and oxygen atoms in total. The molecule has 7 heteroatoms. The summed E-state index contributed by atoms with van der Waals surface area (Å²) in [5.41, 5.74) is 0.780. The molecular weight excluding hydrogens is 266 g/mol. The van der Waals surface area contributed by atoms with Gasteiger partial charge in [0.2, 0.25) is 0 Å². The predicted molar refractivity (Wildman–Crippen MR) is 71.6 cm³/mol. The number of nitrogens with zero attached hydrogens (tertiary/aromatic N) is 1. The average Bonchev–Trinajstić information content (AvgIpc) is 2.98. The second-order valence-corrected chi connectivity index (χ2v) is 5.02. The average molecular weight is 279 g/mol. The third-order valence-corrected chi connectivity index (χ3v) is 3.30. The van der Waals surface area contributed by atoms with Crippen molar-refractivity contribution >= 4 is 28.2 Å². The first-order valence-electron chi connectivity index (χ1n) is 5.69. The summed E-state index contributed by atoms with van der Waals surface area (Å²) in [4.78, 5) is 24.6. The van der Waals surface area contributed by atoms with Gasteiger partial charge in [-0.3, -0.25) is 9.89 Å². The van der Waals surface area contributed by atoms with Crippen LogP contribution in [0, 0.1) is 6.92 Å². The van der Waals surface area contributed by atoms with E-state index in [0.29, 0.717) is 22.7 Å². The number of aryl methyl sites for hydroxylation is 1. The predicted octanol–water partition coefficient (Wildman–Crippen LogP) is 2.21. The molecule has 0 unspecified atom stereocenters. The van der Waals surface area contributed by atoms with Crippen molar-refractivity contribution in [1.82, 2.24) is 10.2 Å². The Bertz CT molecular complexity index is 589. The summed E-state index contributed by atoms with van der Waals surface area (Å²) < 4.78 is 4.95. The van der Waals surface area contributed by atoms with Crippen LogP contribution in [0.15, 0.2) is 18.5 Å². The first-order chi connectivity index (χ1) is 9.11. The summed E-state index contributed by atoms with van der Waals surface area (Å²) >= 11 is 1.33. The Morgan fingerprint density at radius 3 is 2.95 bits per heavy atom. The number of hydrogen-bond donors (Lipinski definition) is 2. The number of hydrogen-bond acceptors (Lipinski definition) is 5. The number of H-pyrrole nitrogens is 1. The van der Waals surface area contributed by atoms with Crippen LogP contribution < -0.4 is 5.32 Å². The zero-order valence-corrected chi connectivity index (χ0v) is 11.3. The van der Waals surface area contributed by atoms with Crippen molar-refractivity contribution < 1.29 is 14.3 Å². The SMILES string of the molecule is CCOC(=O)c1cc(C)sc1NC(=O)c1cn[nH]c1. The minimum Gasteiger partial charge on any atom is -0.462 e. The fraction of sp³-hybridized carbons (Fsp3) is 0.250. The number of aromatic amines is 1. The molecule has 0 saturated heterocycles. The Morgan fingerprint density at radius 2 is 2.32 bits per heavy atom. The summed E-state index contributed by atoms with van der Waals surface area (Å²) in [6.07, 6.45) is 2.90. The third-order valence-electron chi connectivity index (χ3n) is 2.34. The van der Waals surface area contributed by atoms with Gasteiger partial charge in [0, 0.05) is 11.1 Å². The number of rotatable bonds is 4. The fourth-order valence-electron chi connectivity index (χ4n) is 1.52. The van der Waals surface area contributed by atoms with E-state index in [4.69, 9.17) is 4.74 Å². The molecule has 0 fully saturated rings. The van der Waals surface area contributed by atoms with Crippen LogP contribution in [0.4, 0.5) is 5.00 Å². The Kier molecular flexibility index (Phi) is 3.96. The number of carbonyl (C=O) groups is 2. The van der Waals surface area contributed by atoms with Gasteiger partial charge < -0.3 is 10.1 Å². The lowest BCUT2D eigenvalue weighted by Gasteiger charge is -2.04. The minimum atomic E-state index is -0.436. The van der Waals surface area contributed by atoms with Crippen molar-refractivity contribution in [2.24, 2.45) is 0 Å². The molecule has 2 N–H and O–H groups in total. The second kappa shape index (κ2) is 5.66. The maximum Gasteiger partial charge on any atom is 0.341 e. The highest BCUT2D eigenvalue weighted by molar-refractivity contribution is 7.16. The fourth-order valence-corrected chi connectivity index (χ4v) is 2.41. The van der Waals surface area contributed by atoms with Gasteiger partial charge in [-0.2, -0.15) is 5.10 Å². The third kappa shape index (κ3) is 3.00. The van der Waals surface area contributed by atoms with Crippen molar-refractivity contribution in [3.05, 3.63) is 34.5 Å². The molecule has 0 radical (unpaired) electrons. The van der Waals surface area contributed by atoms with E-state index in [0.717, 1.165) is 4.88 Å². The monoisotopic (exact) mass is 279 g/mol. The van der Waals surface area contributed by atoms with Crippen molar-refractivity contribution in [2.75, 3.05) is 11.9 Å². The van der Waals surface area contributed by atoms with Crippen LogP contribution in [0.5, 0.6) is 0 Å². The maximum atomic E-state index is 11.9. The van der Waals surface area contributed by atoms with Crippen LogP contribution in [-0.4, -0.2) is 28.7 Å². The number of nitrogens with one attached hydrogen (secondary N) is 2. The summed E-state index contributed by atoms with van der Waals surface area (Å²) in [6.45, 7) is 3.89. The number of thiophene rings is 1. The standard InChI is InChI=1S/C12H13N3O3S/c1-3-18-12(17)9-4-7(2)19-11(9)15-10(16)8-5-13-14-6-8/h4-6H,3H2,1-2H3,(H,13,14)(H,15,16). The molecule has 0 saturated carbocycles. The zero-order valence-electron chi connectivity index (χ0n) is 10.5. The second-order valence-electron chi connectivity index (χ2n) is 3.76. The Morgan fingerprint density at radius 1 is 1.53 bits per heavy atom. The topological polar surface area (TPSA) is 84.1 Å². The van der Waals surface area contributed by atoms with Gasteiger partial charge in [-0.1, -0.05) is 0 Å². The van der Waals surface area contributed by atoms with Crippen LogP contribution in [-0.2, 0) is 4.74 Å². The molecule has 2 aromatic rings. The molecule has 0 aliphatic rings. The highest BCUT2D eigenvalue weighted by Gasteiger charge is 2.18. The lowest BCUT2D eigenvalue weighted by molar-refractivity contribution is 0.0528. The molecule has 1 amide bonds. The van der Waals surface area contributed by atoms with Crippen molar-refractivity contribution in [2.45, 2.75) is 13.8 Å². The van der Waals surface area contributed by atoms with Crippen LogP contribution in [0.25, 0.3) is 0 Å². The molecule has 2 heterocycles. The lowest BCUT2D eigenvalue weighted by Crippen LogP contribution is -2.13. The first-order valence-corrected chi connectivity index (χ1v) is 6.51. The normalized spacial score (nSPS) is 10.2. The summed E-state index contributed by atoms with van der Waals surface area (Å²) in [5.74, 6) is -0.754. The Labute approximate surface area is 113 Å². The summed E-state index contributed by atoms with van der Waals surface area (Å²) in [5, 5.41) is 9.44. The maximum absolute atomic E-state index is 11.9. The van der Waals surface area contributed by atoms with Gasteiger partial charge >= 0.3 is 5.97 Å². The van der Waals surface area contributed by atoms with Gasteiger partial charge in [0.25, 0.3) is 5.91 Å². The number of aromatic nitrogens is 2. The highest BCUT2D eigenvalue weighted by atomic mass is 32.1. The van der Waals surface area contributed by atoms with Gasteiger partial charge in [0.15, 0.2) is 0 Å². The van der Waals surface area contributed by atoms with Crippen molar-refractivity contribution in [3.8, 4) is 0 Å². The van der Waals surface area contributed by atoms with Crippen LogP contribution in [0.2, 0.25) is 0 Å². The molecule has 100 valence electrons. The minimum absolute atomic E-state index is 0.294. The Hall–Kier alpha value is -2.15. The molecule has 0 bridgehead atoms. The van der Waals surface area contributed by atoms with Crippen LogP contribution >= 0.6 is 11.3 Å². The number of carbonyl (C=O) groups excluding carboxylic acids is 2. The van der Waals surface area contributed by atoms with Crippen LogP contribution in [0.1, 0.15) is 32.5 Å². The van der Waals surface area contributed by atoms with Gasteiger partial charge in [-0.25, -0.2) is 4.79 Å². The van der Waals surface area contributed by atoms with E-state index < -0.39 is 5.97 Å². The molecule has 2 rings (SSSR count). The number of ether oxygens (including phenoxy) is 1. The number of esters is 1. The Balaban J connectivity index is 2.20. The zero-order chi connectivity index (χ0) is 13.8. The van der Waals surface area contributed by atoms with E-state index in [9.17, 15) is 9.59 Å². The largest absolute Gasteiger partial charge is 0.462 e. The lowest BCUT2D eigenvalue weighted by atomic mass is 10.3. The van der Waals surface area contributed by atoms with Gasteiger partial charge in [-0.05, 0) is 19.9 Å². The molecule has 0 aliphatic carbocycles. The summed E-state index contributed by atoms with van der Waals surface area (Å²) in [7, 11) is 0. The van der Waals surface area contributed by atoms with E-state index >= 15 is 0 Å². The van der Waals surface area contributed by atoms with Crippen molar-refractivity contribution in [3.63, 3.8) is 0 Å². The van der Waals surface area contributed by atoms with Gasteiger partial charge in [-0.15, -0.1) is 11.3 Å². The van der Waals surface area contributed by atoms with E-state index in [-0.39, 0.29) is 5.91 Å². The van der Waals surface area contributed by atoms with E-state index in [1.54, 1.807) is 13.0 Å². The van der Waals surface area contributed by atoms with Gasteiger partial charge in [0.1, 0.15) is 5.00 Å². The van der Waals surface area contributed by atoms with Crippen molar-refractivity contribution in [1.29, 1.82) is 0 Å². The van der Waals surface area contributed by atoms with Crippen LogP contribution in [0.3, 0.4) is 0 Å². The summed E-state index contributed by atoms with van der Waals surface area (Å²) in [6, 6.07) is 1.70.